The highest BCUT2D eigenvalue weighted by atomic mass is 16.5. The maximum absolute atomic E-state index is 12.8. The molecule has 0 radical (unpaired) electrons. The fourth-order valence-electron chi connectivity index (χ4n) is 3.13. The van der Waals surface area contributed by atoms with Crippen molar-refractivity contribution in [1.82, 2.24) is 5.01 Å². The van der Waals surface area contributed by atoms with E-state index in [1.165, 1.54) is 0 Å². The Kier molecular flexibility index (Phi) is 5.96. The summed E-state index contributed by atoms with van der Waals surface area (Å²) in [6.45, 7) is 0.623. The Hall–Kier alpha value is -3.02. The zero-order valence-corrected chi connectivity index (χ0v) is 16.0. The molecule has 0 spiro atoms. The number of carbonyl (C=O) groups is 1. The fourth-order valence-corrected chi connectivity index (χ4v) is 3.13. The number of anilines is 1. The van der Waals surface area contributed by atoms with Gasteiger partial charge in [0, 0.05) is 31.3 Å². The standard InChI is InChI=1S/C21H25N3O3/c1-22-17-10-6-16(7-11-17)21(25)24-14-4-5-18(23-24)15-8-12-19(26-2)20(27-3)13-9-15/h6-12,22H,4-5,13-14H2,1-3H3. The summed E-state index contributed by atoms with van der Waals surface area (Å²) in [7, 11) is 5.12. The number of allylic oxidation sites excluding steroid dienone is 4. The third-order valence-electron chi connectivity index (χ3n) is 4.68. The van der Waals surface area contributed by atoms with Gasteiger partial charge in [-0.15, -0.1) is 0 Å². The van der Waals surface area contributed by atoms with Crippen LogP contribution in [0.1, 0.15) is 29.6 Å². The second-order valence-corrected chi connectivity index (χ2v) is 6.30. The van der Waals surface area contributed by atoms with Gasteiger partial charge >= 0.3 is 0 Å². The highest BCUT2D eigenvalue weighted by molar-refractivity contribution is 6.04. The van der Waals surface area contributed by atoms with Crippen molar-refractivity contribution >= 4 is 17.3 Å². The van der Waals surface area contributed by atoms with Gasteiger partial charge in [0.2, 0.25) is 0 Å². The first-order chi connectivity index (χ1) is 13.2. The number of hydrazone groups is 1. The Bertz CT molecular complexity index is 820. The van der Waals surface area contributed by atoms with Gasteiger partial charge in [0.25, 0.3) is 5.91 Å². The quantitative estimate of drug-likeness (QED) is 0.862. The molecule has 27 heavy (non-hydrogen) atoms. The minimum Gasteiger partial charge on any atom is -0.497 e. The molecule has 1 aromatic carbocycles. The van der Waals surface area contributed by atoms with E-state index in [1.807, 2.05) is 43.5 Å². The van der Waals surface area contributed by atoms with Crippen molar-refractivity contribution in [3.8, 4) is 0 Å². The predicted molar refractivity (Wildman–Crippen MR) is 107 cm³/mol. The number of hydrogen-bond donors (Lipinski definition) is 1. The van der Waals surface area contributed by atoms with Crippen LogP contribution < -0.4 is 5.32 Å². The molecule has 3 rings (SSSR count). The normalized spacial score (nSPS) is 17.1. The molecule has 0 saturated heterocycles. The minimum absolute atomic E-state index is 0.0821. The van der Waals surface area contributed by atoms with E-state index in [0.717, 1.165) is 35.6 Å². The molecule has 1 aliphatic heterocycles. The van der Waals surface area contributed by atoms with Crippen LogP contribution in [0.4, 0.5) is 5.69 Å². The Labute approximate surface area is 159 Å². The number of nitrogens with zero attached hydrogens (tertiary/aromatic N) is 2. The van der Waals surface area contributed by atoms with Gasteiger partial charge < -0.3 is 14.8 Å². The smallest absolute Gasteiger partial charge is 0.273 e. The van der Waals surface area contributed by atoms with Gasteiger partial charge in [-0.2, -0.15) is 5.10 Å². The van der Waals surface area contributed by atoms with E-state index >= 15 is 0 Å². The molecular weight excluding hydrogens is 342 g/mol. The number of rotatable bonds is 5. The number of benzene rings is 1. The molecule has 6 nitrogen and oxygen atoms in total. The first-order valence-corrected chi connectivity index (χ1v) is 9.03. The van der Waals surface area contributed by atoms with Gasteiger partial charge in [-0.25, -0.2) is 5.01 Å². The number of hydrogen-bond acceptors (Lipinski definition) is 5. The first-order valence-electron chi connectivity index (χ1n) is 9.03. The van der Waals surface area contributed by atoms with Crippen LogP contribution >= 0.6 is 0 Å². The molecule has 0 fully saturated rings. The molecule has 142 valence electrons. The molecule has 0 aromatic heterocycles. The Balaban J connectivity index is 1.80. The summed E-state index contributed by atoms with van der Waals surface area (Å²) in [5.74, 6) is 1.40. The lowest BCUT2D eigenvalue weighted by atomic mass is 10.0. The van der Waals surface area contributed by atoms with Gasteiger partial charge in [0.05, 0.1) is 19.9 Å². The largest absolute Gasteiger partial charge is 0.497 e. The average molecular weight is 367 g/mol. The van der Waals surface area contributed by atoms with E-state index < -0.39 is 0 Å². The van der Waals surface area contributed by atoms with Gasteiger partial charge in [0.15, 0.2) is 5.76 Å². The fraction of sp³-hybridized carbons (Fsp3) is 0.333. The molecule has 1 amide bonds. The van der Waals surface area contributed by atoms with Crippen LogP contribution in [0, 0.1) is 0 Å². The number of ether oxygens (including phenoxy) is 2. The molecule has 0 atom stereocenters. The summed E-state index contributed by atoms with van der Waals surface area (Å²) in [6.07, 6.45) is 8.27. The van der Waals surface area contributed by atoms with Crippen molar-refractivity contribution in [2.24, 2.45) is 5.10 Å². The lowest BCUT2D eigenvalue weighted by molar-refractivity contribution is 0.0751. The third-order valence-corrected chi connectivity index (χ3v) is 4.68. The molecule has 2 aliphatic rings. The molecule has 1 heterocycles. The zero-order chi connectivity index (χ0) is 19.2. The van der Waals surface area contributed by atoms with E-state index in [2.05, 4.69) is 16.5 Å². The zero-order valence-electron chi connectivity index (χ0n) is 16.0. The molecule has 6 heteroatoms. The second-order valence-electron chi connectivity index (χ2n) is 6.30. The van der Waals surface area contributed by atoms with Crippen LogP contribution in [0.3, 0.4) is 0 Å². The first kappa shape index (κ1) is 18.8. The highest BCUT2D eigenvalue weighted by Crippen LogP contribution is 2.23. The van der Waals surface area contributed by atoms with E-state index in [1.54, 1.807) is 19.2 Å². The minimum atomic E-state index is -0.0821. The summed E-state index contributed by atoms with van der Waals surface area (Å²) < 4.78 is 10.8. The molecule has 0 saturated carbocycles. The number of nitrogens with one attached hydrogen (secondary N) is 1. The second kappa shape index (κ2) is 8.58. The predicted octanol–water partition coefficient (Wildman–Crippen LogP) is 3.71. The van der Waals surface area contributed by atoms with Crippen LogP contribution in [0.25, 0.3) is 0 Å². The lowest BCUT2D eigenvalue weighted by Crippen LogP contribution is -2.32. The summed E-state index contributed by atoms with van der Waals surface area (Å²) in [6, 6.07) is 7.43. The van der Waals surface area contributed by atoms with Crippen LogP contribution in [0.5, 0.6) is 0 Å². The lowest BCUT2D eigenvalue weighted by Gasteiger charge is -2.24. The van der Waals surface area contributed by atoms with Crippen LogP contribution in [0.15, 0.2) is 64.7 Å². The van der Waals surface area contributed by atoms with E-state index in [0.29, 0.717) is 24.3 Å². The number of amides is 1. The van der Waals surface area contributed by atoms with Crippen molar-refractivity contribution in [2.45, 2.75) is 19.3 Å². The molecule has 1 aliphatic carbocycles. The van der Waals surface area contributed by atoms with Crippen LogP contribution in [-0.2, 0) is 9.47 Å². The van der Waals surface area contributed by atoms with Gasteiger partial charge in [0.1, 0.15) is 5.76 Å². The van der Waals surface area contributed by atoms with Crippen LogP contribution in [0.2, 0.25) is 0 Å². The van der Waals surface area contributed by atoms with Crippen molar-refractivity contribution in [1.29, 1.82) is 0 Å². The SMILES string of the molecule is CNc1ccc(C(=O)N2CCCC(C3=CCC(OC)=C(OC)C=C3)=N2)cc1. The van der Waals surface area contributed by atoms with Crippen LogP contribution in [-0.4, -0.2) is 44.4 Å². The third kappa shape index (κ3) is 4.22. The summed E-state index contributed by atoms with van der Waals surface area (Å²) in [5.41, 5.74) is 3.51. The maximum Gasteiger partial charge on any atom is 0.273 e. The monoisotopic (exact) mass is 367 g/mol. The van der Waals surface area contributed by atoms with Gasteiger partial charge in [-0.1, -0.05) is 6.08 Å². The van der Waals surface area contributed by atoms with Gasteiger partial charge in [-0.3, -0.25) is 4.79 Å². The van der Waals surface area contributed by atoms with E-state index in [4.69, 9.17) is 9.47 Å². The summed E-state index contributed by atoms with van der Waals surface area (Å²) in [5, 5.41) is 9.25. The number of carbonyl (C=O) groups excluding carboxylic acids is 1. The van der Waals surface area contributed by atoms with E-state index in [9.17, 15) is 4.79 Å². The maximum atomic E-state index is 12.8. The molecular formula is C21H25N3O3. The summed E-state index contributed by atoms with van der Waals surface area (Å²) >= 11 is 0. The topological polar surface area (TPSA) is 63.2 Å². The Morgan fingerprint density at radius 3 is 2.59 bits per heavy atom. The Morgan fingerprint density at radius 1 is 1.15 bits per heavy atom. The molecule has 1 aromatic rings. The molecule has 1 N–H and O–H groups in total. The average Bonchev–Trinajstić information content (AvgIpc) is 2.95. The van der Waals surface area contributed by atoms with Gasteiger partial charge in [-0.05, 0) is 54.8 Å². The van der Waals surface area contributed by atoms with Crippen molar-refractivity contribution < 1.29 is 14.3 Å². The van der Waals surface area contributed by atoms with Crippen molar-refractivity contribution in [3.05, 3.63) is 65.1 Å². The molecule has 0 bridgehead atoms. The summed E-state index contributed by atoms with van der Waals surface area (Å²) in [4.78, 5) is 12.8. The Morgan fingerprint density at radius 2 is 1.93 bits per heavy atom. The number of methoxy groups -OCH3 is 2. The molecule has 0 unspecified atom stereocenters. The van der Waals surface area contributed by atoms with Crippen molar-refractivity contribution in [2.75, 3.05) is 33.1 Å². The van der Waals surface area contributed by atoms with Crippen molar-refractivity contribution in [3.63, 3.8) is 0 Å². The van der Waals surface area contributed by atoms with E-state index in [-0.39, 0.29) is 5.91 Å². The highest BCUT2D eigenvalue weighted by Gasteiger charge is 2.22.